The lowest BCUT2D eigenvalue weighted by atomic mass is 9.81. The summed E-state index contributed by atoms with van der Waals surface area (Å²) in [7, 11) is 0. The molecule has 1 amide bonds. The summed E-state index contributed by atoms with van der Waals surface area (Å²) >= 11 is 0. The van der Waals surface area contributed by atoms with Crippen LogP contribution in [0.5, 0.6) is 5.75 Å². The van der Waals surface area contributed by atoms with Crippen molar-refractivity contribution in [2.45, 2.75) is 78.2 Å². The number of hydrogen-bond donors (Lipinski definition) is 1. The second-order valence-corrected chi connectivity index (χ2v) is 9.89. The van der Waals surface area contributed by atoms with Crippen LogP contribution in [0, 0.1) is 11.8 Å². The molecule has 1 saturated heterocycles. The van der Waals surface area contributed by atoms with Crippen molar-refractivity contribution < 1.29 is 24.3 Å². The molecule has 7 heteroatoms. The zero-order valence-corrected chi connectivity index (χ0v) is 21.3. The number of amides is 1. The number of nitrogens with zero attached hydrogens (tertiary/aromatic N) is 2. The Hall–Kier alpha value is -2.12. The maximum atomic E-state index is 13.2. The molecular formula is C27H42N2O5. The van der Waals surface area contributed by atoms with E-state index in [1.165, 1.54) is 5.06 Å². The Labute approximate surface area is 204 Å². The number of ether oxygens (including phenoxy) is 1. The summed E-state index contributed by atoms with van der Waals surface area (Å²) in [5.74, 6) is -0.287. The van der Waals surface area contributed by atoms with Crippen molar-refractivity contribution in [3.63, 3.8) is 0 Å². The molecule has 0 radical (unpaired) electrons. The number of benzene rings is 1. The minimum absolute atomic E-state index is 0.0874. The standard InChI is InChI=1S/C27H42N2O5/c1-5-8-19(4)15-23-26(27(31)32)22(20-9-10-24-21(16-20)11-14-33-24)17-28(23)18-25(30)29(12-6-2)34-13-7-3/h9-10,16,19,22-23,26H,5-8,11-15,17-18H2,1-4H3,(H,31,32)/t19?,22-,23+,26?/m1/s1. The van der Waals surface area contributed by atoms with Crippen molar-refractivity contribution in [3.8, 4) is 5.75 Å². The third-order valence-corrected chi connectivity index (χ3v) is 7.09. The second kappa shape index (κ2) is 12.5. The van der Waals surface area contributed by atoms with E-state index in [0.29, 0.717) is 32.2 Å². The predicted molar refractivity (Wildman–Crippen MR) is 132 cm³/mol. The number of likely N-dealkylation sites (tertiary alicyclic amines) is 1. The number of carboxylic acids is 1. The Morgan fingerprint density at radius 2 is 2.03 bits per heavy atom. The van der Waals surface area contributed by atoms with Crippen LogP contribution >= 0.6 is 0 Å². The van der Waals surface area contributed by atoms with E-state index in [4.69, 9.17) is 9.57 Å². The quantitative estimate of drug-likeness (QED) is 0.424. The molecule has 0 aliphatic carbocycles. The van der Waals surface area contributed by atoms with Crippen molar-refractivity contribution in [1.29, 1.82) is 0 Å². The summed E-state index contributed by atoms with van der Waals surface area (Å²) in [6.45, 7) is 10.8. The number of carbonyl (C=O) groups is 2. The van der Waals surface area contributed by atoms with Gasteiger partial charge in [-0.2, -0.15) is 0 Å². The van der Waals surface area contributed by atoms with Crippen LogP contribution in [0.1, 0.15) is 76.8 Å². The van der Waals surface area contributed by atoms with Gasteiger partial charge in [-0.05, 0) is 42.4 Å². The first kappa shape index (κ1) is 26.5. The minimum Gasteiger partial charge on any atom is -0.493 e. The fourth-order valence-electron chi connectivity index (χ4n) is 5.50. The van der Waals surface area contributed by atoms with Gasteiger partial charge in [0.15, 0.2) is 0 Å². The summed E-state index contributed by atoms with van der Waals surface area (Å²) in [6.07, 6.45) is 5.38. The van der Waals surface area contributed by atoms with Gasteiger partial charge in [-0.1, -0.05) is 52.7 Å². The highest BCUT2D eigenvalue weighted by molar-refractivity contribution is 5.78. The van der Waals surface area contributed by atoms with Crippen LogP contribution in [0.4, 0.5) is 0 Å². The number of carbonyl (C=O) groups excluding carboxylic acids is 1. The Morgan fingerprint density at radius 3 is 2.71 bits per heavy atom. The fraction of sp³-hybridized carbons (Fsp3) is 0.704. The summed E-state index contributed by atoms with van der Waals surface area (Å²) in [4.78, 5) is 33.7. The largest absolute Gasteiger partial charge is 0.493 e. The molecule has 2 heterocycles. The van der Waals surface area contributed by atoms with E-state index in [-0.39, 0.29) is 24.4 Å². The Morgan fingerprint density at radius 1 is 1.24 bits per heavy atom. The first-order valence-electron chi connectivity index (χ1n) is 13.0. The molecule has 1 N–H and O–H groups in total. The maximum absolute atomic E-state index is 13.2. The van der Waals surface area contributed by atoms with Crippen molar-refractivity contribution in [1.82, 2.24) is 9.96 Å². The van der Waals surface area contributed by atoms with E-state index >= 15 is 0 Å². The average Bonchev–Trinajstić information content (AvgIpc) is 3.41. The third-order valence-electron chi connectivity index (χ3n) is 7.09. The van der Waals surface area contributed by atoms with Gasteiger partial charge in [-0.15, -0.1) is 0 Å². The van der Waals surface area contributed by atoms with Crippen LogP contribution < -0.4 is 4.74 Å². The summed E-state index contributed by atoms with van der Waals surface area (Å²) < 4.78 is 5.66. The molecule has 2 aliphatic heterocycles. The van der Waals surface area contributed by atoms with Gasteiger partial charge in [0.1, 0.15) is 5.75 Å². The molecule has 2 aliphatic rings. The highest BCUT2D eigenvalue weighted by Gasteiger charge is 2.47. The van der Waals surface area contributed by atoms with E-state index in [0.717, 1.165) is 55.4 Å². The van der Waals surface area contributed by atoms with Crippen LogP contribution in [0.3, 0.4) is 0 Å². The Balaban J connectivity index is 1.87. The molecule has 2 unspecified atom stereocenters. The van der Waals surface area contributed by atoms with E-state index < -0.39 is 11.9 Å². The summed E-state index contributed by atoms with van der Waals surface area (Å²) in [5.41, 5.74) is 2.18. The molecule has 4 atom stereocenters. The van der Waals surface area contributed by atoms with Crippen molar-refractivity contribution in [3.05, 3.63) is 29.3 Å². The molecule has 0 aromatic heterocycles. The van der Waals surface area contributed by atoms with Gasteiger partial charge < -0.3 is 9.84 Å². The molecule has 0 bridgehead atoms. The SMILES string of the molecule is CCCON(CCC)C(=O)CN1C[C@H](c2ccc3c(c2)CCO3)C(C(=O)O)[C@@H]1CC(C)CCC. The molecule has 1 aromatic carbocycles. The molecule has 3 rings (SSSR count). The monoisotopic (exact) mass is 474 g/mol. The first-order valence-corrected chi connectivity index (χ1v) is 13.0. The van der Waals surface area contributed by atoms with Gasteiger partial charge in [0.05, 0.1) is 25.7 Å². The fourth-order valence-corrected chi connectivity index (χ4v) is 5.50. The number of hydrogen-bond acceptors (Lipinski definition) is 5. The van der Waals surface area contributed by atoms with Crippen molar-refractivity contribution >= 4 is 11.9 Å². The number of carboxylic acid groups (broad SMARTS) is 1. The zero-order chi connectivity index (χ0) is 24.7. The molecular weight excluding hydrogens is 432 g/mol. The summed E-state index contributed by atoms with van der Waals surface area (Å²) in [5, 5.41) is 11.8. The van der Waals surface area contributed by atoms with Gasteiger partial charge in [0, 0.05) is 31.5 Å². The average molecular weight is 475 g/mol. The number of rotatable bonds is 13. The number of aliphatic carboxylic acids is 1. The van der Waals surface area contributed by atoms with Crippen LogP contribution in [-0.2, 0) is 20.8 Å². The molecule has 1 fully saturated rings. The van der Waals surface area contributed by atoms with E-state index in [1.54, 1.807) is 0 Å². The normalized spacial score (nSPS) is 22.9. The molecule has 1 aromatic rings. The van der Waals surface area contributed by atoms with Crippen LogP contribution in [0.2, 0.25) is 0 Å². The van der Waals surface area contributed by atoms with Crippen LogP contribution in [-0.4, -0.2) is 65.8 Å². The Kier molecular flexibility index (Phi) is 9.77. The lowest BCUT2D eigenvalue weighted by Crippen LogP contribution is -2.45. The number of hydroxylamine groups is 2. The maximum Gasteiger partial charge on any atom is 0.308 e. The van der Waals surface area contributed by atoms with Gasteiger partial charge in [0.2, 0.25) is 0 Å². The first-order chi connectivity index (χ1) is 16.4. The highest BCUT2D eigenvalue weighted by atomic mass is 16.7. The van der Waals surface area contributed by atoms with Gasteiger partial charge in [-0.3, -0.25) is 19.3 Å². The Bertz CT molecular complexity index is 829. The molecule has 0 spiro atoms. The summed E-state index contributed by atoms with van der Waals surface area (Å²) in [6, 6.07) is 5.91. The van der Waals surface area contributed by atoms with Gasteiger partial charge in [0.25, 0.3) is 5.91 Å². The van der Waals surface area contributed by atoms with Crippen molar-refractivity contribution in [2.24, 2.45) is 11.8 Å². The molecule has 190 valence electrons. The lowest BCUT2D eigenvalue weighted by Gasteiger charge is -2.30. The van der Waals surface area contributed by atoms with Crippen LogP contribution in [0.15, 0.2) is 18.2 Å². The zero-order valence-electron chi connectivity index (χ0n) is 21.3. The molecule has 34 heavy (non-hydrogen) atoms. The topological polar surface area (TPSA) is 79.3 Å². The lowest BCUT2D eigenvalue weighted by molar-refractivity contribution is -0.188. The minimum atomic E-state index is -0.780. The third kappa shape index (κ3) is 6.30. The molecule has 7 nitrogen and oxygen atoms in total. The van der Waals surface area contributed by atoms with Crippen LogP contribution in [0.25, 0.3) is 0 Å². The second-order valence-electron chi connectivity index (χ2n) is 9.89. The van der Waals surface area contributed by atoms with E-state index in [1.807, 2.05) is 26.0 Å². The predicted octanol–water partition coefficient (Wildman–Crippen LogP) is 4.50. The van der Waals surface area contributed by atoms with E-state index in [9.17, 15) is 14.7 Å². The van der Waals surface area contributed by atoms with Crippen molar-refractivity contribution in [2.75, 3.05) is 32.8 Å². The van der Waals surface area contributed by atoms with Gasteiger partial charge >= 0.3 is 5.97 Å². The van der Waals surface area contributed by atoms with Gasteiger partial charge in [-0.25, -0.2) is 5.06 Å². The number of fused-ring (bicyclic) bond motifs is 1. The van der Waals surface area contributed by atoms with E-state index in [2.05, 4.69) is 24.8 Å². The smallest absolute Gasteiger partial charge is 0.308 e. The molecule has 0 saturated carbocycles. The highest BCUT2D eigenvalue weighted by Crippen LogP contribution is 2.42.